The molecule has 0 spiro atoms. The van der Waals surface area contributed by atoms with Gasteiger partial charge in [0.1, 0.15) is 0 Å². The van der Waals surface area contributed by atoms with Crippen LogP contribution >= 0.6 is 0 Å². The van der Waals surface area contributed by atoms with Crippen LogP contribution in [-0.4, -0.2) is 29.1 Å². The molecular weight excluding hydrogens is 233 g/mol. The van der Waals surface area contributed by atoms with Crippen molar-refractivity contribution in [3.8, 4) is 0 Å². The average Bonchev–Trinajstić information content (AvgIpc) is 2.48. The maximum absolute atomic E-state index is 2.50. The normalized spacial score (nSPS) is 20.9. The Hall–Kier alpha value is -0.637. The number of nitrogens with zero attached hydrogens (tertiary/aromatic N) is 2. The number of hydrogen-bond acceptors (Lipinski definition) is 2. The molecule has 14 heavy (non-hydrogen) atoms. The Morgan fingerprint density at radius 1 is 1.29 bits per heavy atom. The van der Waals surface area contributed by atoms with E-state index in [1.807, 2.05) is 0 Å². The summed E-state index contributed by atoms with van der Waals surface area (Å²) in [5.41, 5.74) is 3.00. The fourth-order valence-electron chi connectivity index (χ4n) is 1.49. The third-order valence-corrected chi connectivity index (χ3v) is 6.24. The van der Waals surface area contributed by atoms with Crippen LogP contribution in [-0.2, 0) is 0 Å². The van der Waals surface area contributed by atoms with Gasteiger partial charge in [0.25, 0.3) is 0 Å². The molecule has 0 saturated carbocycles. The molecule has 2 nitrogen and oxygen atoms in total. The van der Waals surface area contributed by atoms with Crippen molar-refractivity contribution >= 4 is 15.9 Å². The van der Waals surface area contributed by atoms with Crippen molar-refractivity contribution in [1.29, 1.82) is 0 Å². The van der Waals surface area contributed by atoms with E-state index in [2.05, 4.69) is 59.8 Å². The molecule has 3 heteroatoms. The van der Waals surface area contributed by atoms with Crippen LogP contribution in [0.3, 0.4) is 0 Å². The first-order valence-electron chi connectivity index (χ1n) is 4.91. The summed E-state index contributed by atoms with van der Waals surface area (Å²) in [7, 11) is 0. The number of rotatable bonds is 0. The van der Waals surface area contributed by atoms with Crippen molar-refractivity contribution in [3.63, 3.8) is 0 Å². The van der Waals surface area contributed by atoms with E-state index in [-0.39, 0.29) is 21.4 Å². The van der Waals surface area contributed by atoms with Crippen molar-refractivity contribution in [1.82, 2.24) is 7.71 Å². The van der Waals surface area contributed by atoms with E-state index in [1.54, 1.807) is 0 Å². The molecule has 2 rings (SSSR count). The zero-order valence-corrected chi connectivity index (χ0v) is 11.3. The van der Waals surface area contributed by atoms with E-state index in [0.29, 0.717) is 0 Å². The number of allylic oxidation sites excluding steroid dienone is 4. The van der Waals surface area contributed by atoms with Crippen molar-refractivity contribution in [3.05, 3.63) is 35.8 Å². The van der Waals surface area contributed by atoms with Crippen LogP contribution < -0.4 is 0 Å². The first-order valence-corrected chi connectivity index (χ1v) is 6.79. The van der Waals surface area contributed by atoms with Gasteiger partial charge in [-0.1, -0.05) is 0 Å². The molecule has 0 fully saturated rings. The first kappa shape index (κ1) is 9.90. The Morgan fingerprint density at radius 2 is 2.00 bits per heavy atom. The van der Waals surface area contributed by atoms with Crippen LogP contribution in [0.5, 0.6) is 0 Å². The zero-order chi connectivity index (χ0) is 10.3. The van der Waals surface area contributed by atoms with Gasteiger partial charge in [0.15, 0.2) is 0 Å². The van der Waals surface area contributed by atoms with Crippen LogP contribution in [0.1, 0.15) is 27.7 Å². The second-order valence-electron chi connectivity index (χ2n) is 4.70. The topological polar surface area (TPSA) is 6.48 Å². The first-order chi connectivity index (χ1) is 6.48. The Balaban J connectivity index is 2.25. The third-order valence-electron chi connectivity index (χ3n) is 2.41. The molecule has 0 bridgehead atoms. The van der Waals surface area contributed by atoms with Crippen LogP contribution in [0.2, 0.25) is 0 Å². The summed E-state index contributed by atoms with van der Waals surface area (Å²) in [6.07, 6.45) is 8.82. The number of hydrogen-bond donors (Lipinski definition) is 0. The molecule has 0 unspecified atom stereocenters. The molecule has 74 valence electrons. The molecule has 2 aliphatic heterocycles. The van der Waals surface area contributed by atoms with Gasteiger partial charge in [-0.25, -0.2) is 0 Å². The molecular formula is C11H16GeN2. The van der Waals surface area contributed by atoms with E-state index in [9.17, 15) is 0 Å². The van der Waals surface area contributed by atoms with Gasteiger partial charge < -0.3 is 0 Å². The summed E-state index contributed by atoms with van der Waals surface area (Å²) < 4.78 is 4.96. The molecule has 0 saturated heterocycles. The standard InChI is InChI=1S/C11H16GeN2/c1-9-6-5-7-10-8-13(11(2,3)4)12-14(9)10/h5-8H,1-4H3. The Bertz CT molecular complexity index is 334. The Morgan fingerprint density at radius 3 is 2.57 bits per heavy atom. The fourth-order valence-corrected chi connectivity index (χ4v) is 3.98. The predicted molar refractivity (Wildman–Crippen MR) is 60.2 cm³/mol. The Kier molecular flexibility index (Phi) is 2.26. The van der Waals surface area contributed by atoms with Crippen LogP contribution in [0.4, 0.5) is 0 Å². The van der Waals surface area contributed by atoms with Gasteiger partial charge in [-0.2, -0.15) is 0 Å². The minimum atomic E-state index is -0.202. The monoisotopic (exact) mass is 250 g/mol. The van der Waals surface area contributed by atoms with Gasteiger partial charge in [-0.15, -0.1) is 0 Å². The average molecular weight is 249 g/mol. The van der Waals surface area contributed by atoms with Crippen molar-refractivity contribution in [2.45, 2.75) is 33.2 Å². The quantitative estimate of drug-likeness (QED) is 0.607. The molecule has 0 aromatic heterocycles. The molecule has 0 amide bonds. The molecule has 0 aliphatic carbocycles. The molecule has 2 radical (unpaired) electrons. The zero-order valence-electron chi connectivity index (χ0n) is 9.20. The summed E-state index contributed by atoms with van der Waals surface area (Å²) in [6, 6.07) is 0. The predicted octanol–water partition coefficient (Wildman–Crippen LogP) is 2.25. The summed E-state index contributed by atoms with van der Waals surface area (Å²) >= 11 is -0.202. The molecule has 0 atom stereocenters. The van der Waals surface area contributed by atoms with Crippen LogP contribution in [0.25, 0.3) is 0 Å². The summed E-state index contributed by atoms with van der Waals surface area (Å²) in [5.74, 6) is 0. The third kappa shape index (κ3) is 1.63. The van der Waals surface area contributed by atoms with Gasteiger partial charge in [-0.3, -0.25) is 0 Å². The second-order valence-corrected chi connectivity index (χ2v) is 7.07. The van der Waals surface area contributed by atoms with Crippen LogP contribution in [0.15, 0.2) is 35.8 Å². The molecule has 0 aromatic rings. The minimum absolute atomic E-state index is 0.202. The van der Waals surface area contributed by atoms with E-state index < -0.39 is 0 Å². The molecule has 2 heterocycles. The molecule has 0 N–H and O–H groups in total. The fraction of sp³-hybridized carbons (Fsp3) is 0.455. The van der Waals surface area contributed by atoms with E-state index in [4.69, 9.17) is 0 Å². The molecule has 2 aliphatic rings. The van der Waals surface area contributed by atoms with Gasteiger partial charge in [-0.05, 0) is 0 Å². The van der Waals surface area contributed by atoms with Gasteiger partial charge in [0.2, 0.25) is 0 Å². The van der Waals surface area contributed by atoms with Crippen molar-refractivity contribution < 1.29 is 0 Å². The van der Waals surface area contributed by atoms with Gasteiger partial charge in [0, 0.05) is 0 Å². The van der Waals surface area contributed by atoms with E-state index in [1.165, 1.54) is 11.4 Å². The van der Waals surface area contributed by atoms with Gasteiger partial charge in [0.05, 0.1) is 0 Å². The SMILES string of the molecule is CC1=CC=CC2=C[N](C(C)(C)C)[Ge][N]12. The van der Waals surface area contributed by atoms with E-state index >= 15 is 0 Å². The summed E-state index contributed by atoms with van der Waals surface area (Å²) in [4.78, 5) is 0. The summed E-state index contributed by atoms with van der Waals surface area (Å²) in [6.45, 7) is 9.01. The maximum atomic E-state index is 2.50. The van der Waals surface area contributed by atoms with E-state index in [0.717, 1.165) is 0 Å². The van der Waals surface area contributed by atoms with Gasteiger partial charge >= 0.3 is 92.6 Å². The Labute approximate surface area is 92.9 Å². The molecule has 0 aromatic carbocycles. The number of fused-ring (bicyclic) bond motifs is 1. The van der Waals surface area contributed by atoms with Crippen LogP contribution in [0, 0.1) is 0 Å². The second kappa shape index (κ2) is 3.19. The van der Waals surface area contributed by atoms with Crippen molar-refractivity contribution in [2.75, 3.05) is 0 Å². The summed E-state index contributed by atoms with van der Waals surface area (Å²) in [5, 5.41) is 0. The van der Waals surface area contributed by atoms with Crippen molar-refractivity contribution in [2.24, 2.45) is 0 Å².